The minimum atomic E-state index is -1.49. The van der Waals surface area contributed by atoms with Crippen molar-refractivity contribution in [1.82, 2.24) is 10.2 Å². The number of imide groups is 1. The summed E-state index contributed by atoms with van der Waals surface area (Å²) in [6, 6.07) is 20.6. The molecule has 0 bridgehead atoms. The third-order valence-electron chi connectivity index (χ3n) is 6.87. The predicted octanol–water partition coefficient (Wildman–Crippen LogP) is 4.90. The van der Waals surface area contributed by atoms with Crippen LogP contribution in [0.2, 0.25) is 0 Å². The number of nitrogens with zero attached hydrogens (tertiary/aromatic N) is 1. The summed E-state index contributed by atoms with van der Waals surface area (Å²) in [6.45, 7) is 3.88. The molecule has 1 N–H and O–H groups in total. The number of methoxy groups -OCH3 is 2. The van der Waals surface area contributed by atoms with E-state index in [0.29, 0.717) is 34.1 Å². The zero-order valence-electron chi connectivity index (χ0n) is 20.9. The standard InChI is InChI=1S/C29H30N2O5/c1-5-19(2)20-6-8-21(9-7-20)26(32)18-31-27(33)29(30-28(31)34,22-10-14-24(35-3)15-11-22)23-12-16-25(36-4)17-13-23/h6-17,19H,5,18H2,1-4H3,(H,30,34). The van der Waals surface area contributed by atoms with Crippen molar-refractivity contribution in [2.24, 2.45) is 0 Å². The molecule has 1 atom stereocenters. The summed E-state index contributed by atoms with van der Waals surface area (Å²) in [5.41, 5.74) is 1.21. The molecule has 0 aromatic heterocycles. The zero-order valence-corrected chi connectivity index (χ0v) is 20.9. The minimum Gasteiger partial charge on any atom is -0.497 e. The lowest BCUT2D eigenvalue weighted by Gasteiger charge is -2.28. The van der Waals surface area contributed by atoms with E-state index in [1.54, 1.807) is 74.9 Å². The number of carbonyl (C=O) groups is 3. The van der Waals surface area contributed by atoms with E-state index in [9.17, 15) is 14.4 Å². The number of rotatable bonds is 9. The summed E-state index contributed by atoms with van der Waals surface area (Å²) in [6.07, 6.45) is 0.995. The van der Waals surface area contributed by atoms with E-state index in [0.717, 1.165) is 16.9 Å². The van der Waals surface area contributed by atoms with Gasteiger partial charge in [0, 0.05) is 5.56 Å². The van der Waals surface area contributed by atoms with Crippen LogP contribution in [-0.2, 0) is 10.3 Å². The lowest BCUT2D eigenvalue weighted by Crippen LogP contribution is -2.45. The summed E-state index contributed by atoms with van der Waals surface area (Å²) in [7, 11) is 3.11. The first kappa shape index (κ1) is 25.0. The van der Waals surface area contributed by atoms with Gasteiger partial charge in [-0.2, -0.15) is 0 Å². The molecule has 1 heterocycles. The van der Waals surface area contributed by atoms with E-state index in [1.807, 2.05) is 12.1 Å². The largest absolute Gasteiger partial charge is 0.497 e. The molecule has 0 aliphatic carbocycles. The van der Waals surface area contributed by atoms with E-state index >= 15 is 0 Å². The number of Topliss-reactive ketones (excluding diaryl/α,β-unsaturated/α-hetero) is 1. The van der Waals surface area contributed by atoms with Crippen LogP contribution in [0.4, 0.5) is 4.79 Å². The van der Waals surface area contributed by atoms with Gasteiger partial charge >= 0.3 is 6.03 Å². The van der Waals surface area contributed by atoms with Gasteiger partial charge in [-0.25, -0.2) is 4.79 Å². The van der Waals surface area contributed by atoms with Crippen molar-refractivity contribution in [2.45, 2.75) is 31.7 Å². The Morgan fingerprint density at radius 1 is 0.861 bits per heavy atom. The highest BCUT2D eigenvalue weighted by molar-refractivity contribution is 6.13. The van der Waals surface area contributed by atoms with Crippen molar-refractivity contribution in [2.75, 3.05) is 20.8 Å². The molecular formula is C29H30N2O5. The number of hydrogen-bond donors (Lipinski definition) is 1. The molecule has 1 saturated heterocycles. The van der Waals surface area contributed by atoms with Crippen LogP contribution in [0, 0.1) is 0 Å². The van der Waals surface area contributed by atoms with Gasteiger partial charge < -0.3 is 14.8 Å². The molecule has 7 heteroatoms. The van der Waals surface area contributed by atoms with Gasteiger partial charge in [0.05, 0.1) is 20.8 Å². The van der Waals surface area contributed by atoms with Crippen molar-refractivity contribution in [3.8, 4) is 11.5 Å². The highest BCUT2D eigenvalue weighted by atomic mass is 16.5. The average molecular weight is 487 g/mol. The third-order valence-corrected chi connectivity index (χ3v) is 6.87. The van der Waals surface area contributed by atoms with Crippen molar-refractivity contribution in [3.63, 3.8) is 0 Å². The molecule has 186 valence electrons. The van der Waals surface area contributed by atoms with Crippen LogP contribution in [0.15, 0.2) is 72.8 Å². The second-order valence-corrected chi connectivity index (χ2v) is 8.88. The van der Waals surface area contributed by atoms with Crippen molar-refractivity contribution in [1.29, 1.82) is 0 Å². The SMILES string of the molecule is CCC(C)c1ccc(C(=O)CN2C(=O)NC(c3ccc(OC)cc3)(c3ccc(OC)cc3)C2=O)cc1. The molecule has 7 nitrogen and oxygen atoms in total. The number of hydrogen-bond acceptors (Lipinski definition) is 5. The normalized spacial score (nSPS) is 15.4. The molecule has 0 saturated carbocycles. The van der Waals surface area contributed by atoms with Gasteiger partial charge in [0.1, 0.15) is 11.5 Å². The number of nitrogens with one attached hydrogen (secondary N) is 1. The van der Waals surface area contributed by atoms with Crippen LogP contribution in [0.25, 0.3) is 0 Å². The fourth-order valence-corrected chi connectivity index (χ4v) is 4.43. The monoisotopic (exact) mass is 486 g/mol. The number of ketones is 1. The molecule has 1 unspecified atom stereocenters. The van der Waals surface area contributed by atoms with Gasteiger partial charge in [-0.05, 0) is 53.3 Å². The number of amides is 3. The van der Waals surface area contributed by atoms with Gasteiger partial charge in [0.15, 0.2) is 11.3 Å². The number of carbonyl (C=O) groups excluding carboxylic acids is 3. The number of ether oxygens (including phenoxy) is 2. The molecule has 36 heavy (non-hydrogen) atoms. The highest BCUT2D eigenvalue weighted by Gasteiger charge is 2.54. The molecule has 1 fully saturated rings. The first-order valence-electron chi connectivity index (χ1n) is 11.9. The molecule has 0 radical (unpaired) electrons. The van der Waals surface area contributed by atoms with Gasteiger partial charge in [0.2, 0.25) is 0 Å². The number of benzene rings is 3. The first-order chi connectivity index (χ1) is 17.3. The Morgan fingerprint density at radius 3 is 1.81 bits per heavy atom. The minimum absolute atomic E-state index is 0.311. The lowest BCUT2D eigenvalue weighted by molar-refractivity contribution is -0.129. The van der Waals surface area contributed by atoms with E-state index in [2.05, 4.69) is 19.2 Å². The van der Waals surface area contributed by atoms with Crippen molar-refractivity contribution < 1.29 is 23.9 Å². The maximum Gasteiger partial charge on any atom is 0.325 e. The van der Waals surface area contributed by atoms with Crippen molar-refractivity contribution in [3.05, 3.63) is 95.1 Å². The molecule has 3 aromatic rings. The Bertz CT molecular complexity index is 1200. The van der Waals surface area contributed by atoms with E-state index in [-0.39, 0.29) is 12.3 Å². The zero-order chi connectivity index (χ0) is 25.9. The Labute approximate surface area is 211 Å². The van der Waals surface area contributed by atoms with Crippen LogP contribution >= 0.6 is 0 Å². The molecular weight excluding hydrogens is 456 g/mol. The predicted molar refractivity (Wildman–Crippen MR) is 136 cm³/mol. The maximum absolute atomic E-state index is 13.9. The van der Waals surface area contributed by atoms with Crippen LogP contribution in [0.1, 0.15) is 53.2 Å². The Kier molecular flexibility index (Phi) is 7.10. The van der Waals surface area contributed by atoms with Gasteiger partial charge in [-0.3, -0.25) is 14.5 Å². The summed E-state index contributed by atoms with van der Waals surface area (Å²) < 4.78 is 10.5. The van der Waals surface area contributed by atoms with Crippen molar-refractivity contribution >= 4 is 17.7 Å². The second kappa shape index (κ2) is 10.2. The summed E-state index contributed by atoms with van der Waals surface area (Å²) in [4.78, 5) is 41.1. The van der Waals surface area contributed by atoms with Gasteiger partial charge in [-0.15, -0.1) is 0 Å². The molecule has 1 aliphatic rings. The smallest absolute Gasteiger partial charge is 0.325 e. The fourth-order valence-electron chi connectivity index (χ4n) is 4.43. The van der Waals surface area contributed by atoms with E-state index in [1.165, 1.54) is 0 Å². The van der Waals surface area contributed by atoms with Crippen LogP contribution < -0.4 is 14.8 Å². The summed E-state index contributed by atoms with van der Waals surface area (Å²) in [5.74, 6) is 0.790. The summed E-state index contributed by atoms with van der Waals surface area (Å²) >= 11 is 0. The van der Waals surface area contributed by atoms with Gasteiger partial charge in [-0.1, -0.05) is 62.4 Å². The second-order valence-electron chi connectivity index (χ2n) is 8.88. The quantitative estimate of drug-likeness (QED) is 0.344. The molecule has 1 aliphatic heterocycles. The van der Waals surface area contributed by atoms with Gasteiger partial charge in [0.25, 0.3) is 5.91 Å². The molecule has 3 aromatic carbocycles. The molecule has 0 spiro atoms. The third kappa shape index (κ3) is 4.44. The average Bonchev–Trinajstić information content (AvgIpc) is 3.18. The van der Waals surface area contributed by atoms with Crippen LogP contribution in [0.5, 0.6) is 11.5 Å². The van der Waals surface area contributed by atoms with Crippen LogP contribution in [0.3, 0.4) is 0 Å². The van der Waals surface area contributed by atoms with E-state index < -0.39 is 17.5 Å². The Morgan fingerprint density at radius 2 is 1.36 bits per heavy atom. The topological polar surface area (TPSA) is 84.9 Å². The summed E-state index contributed by atoms with van der Waals surface area (Å²) in [5, 5.41) is 2.87. The first-order valence-corrected chi connectivity index (χ1v) is 11.9. The fraction of sp³-hybridized carbons (Fsp3) is 0.276. The molecule has 4 rings (SSSR count). The maximum atomic E-state index is 13.9. The Hall–Kier alpha value is -4.13. The Balaban J connectivity index is 1.68. The highest BCUT2D eigenvalue weighted by Crippen LogP contribution is 2.37. The lowest BCUT2D eigenvalue weighted by atomic mass is 9.82. The molecule has 3 amide bonds. The van der Waals surface area contributed by atoms with E-state index in [4.69, 9.17) is 9.47 Å². The number of urea groups is 1. The van der Waals surface area contributed by atoms with Crippen LogP contribution in [-0.4, -0.2) is 43.4 Å².